The molecule has 0 unspecified atom stereocenters. The van der Waals surface area contributed by atoms with Crippen molar-refractivity contribution >= 4 is 16.7 Å². The number of hydrogen-bond acceptors (Lipinski definition) is 6. The minimum Gasteiger partial charge on any atom is -0.332 e. The topological polar surface area (TPSA) is 97.4 Å². The third-order valence-corrected chi connectivity index (χ3v) is 4.25. The van der Waals surface area contributed by atoms with Crippen LogP contribution in [0, 0.1) is 11.3 Å². The van der Waals surface area contributed by atoms with Gasteiger partial charge in [-0.2, -0.15) is 5.26 Å². The molecule has 130 valence electrons. The van der Waals surface area contributed by atoms with E-state index < -0.39 is 0 Å². The molecule has 0 amide bonds. The van der Waals surface area contributed by atoms with Crippen LogP contribution < -0.4 is 0 Å². The van der Waals surface area contributed by atoms with Gasteiger partial charge in [0.15, 0.2) is 5.78 Å². The first-order valence-electron chi connectivity index (χ1n) is 8.26. The van der Waals surface area contributed by atoms with E-state index in [4.69, 9.17) is 5.26 Å². The van der Waals surface area contributed by atoms with Gasteiger partial charge in [-0.1, -0.05) is 0 Å². The van der Waals surface area contributed by atoms with Crippen LogP contribution in [0.25, 0.3) is 22.3 Å². The van der Waals surface area contributed by atoms with Crippen LogP contribution in [0.1, 0.15) is 21.7 Å². The maximum atomic E-state index is 12.5. The van der Waals surface area contributed by atoms with Gasteiger partial charge in [-0.05, 0) is 30.3 Å². The second-order valence-electron chi connectivity index (χ2n) is 6.10. The largest absolute Gasteiger partial charge is 0.332 e. The molecule has 0 saturated heterocycles. The smallest absolute Gasteiger partial charge is 0.168 e. The Kier molecular flexibility index (Phi) is 4.15. The number of imidazole rings is 1. The summed E-state index contributed by atoms with van der Waals surface area (Å²) in [6.07, 6.45) is 6.78. The Hall–Kier alpha value is -3.92. The number of Topliss-reactive ketones (excluding diaryl/α,β-unsaturated/α-hetero) is 1. The van der Waals surface area contributed by atoms with Crippen molar-refractivity contribution in [2.24, 2.45) is 7.05 Å². The maximum Gasteiger partial charge on any atom is 0.168 e. The predicted octanol–water partition coefficient (Wildman–Crippen LogP) is 2.72. The molecule has 0 aliphatic heterocycles. The molecular weight excluding hydrogens is 340 g/mol. The van der Waals surface area contributed by atoms with Gasteiger partial charge in [0, 0.05) is 30.4 Å². The molecule has 7 nitrogen and oxygen atoms in total. The molecular formula is C20H14N6O. The van der Waals surface area contributed by atoms with E-state index in [9.17, 15) is 4.79 Å². The first-order chi connectivity index (χ1) is 13.1. The van der Waals surface area contributed by atoms with Gasteiger partial charge in [0.25, 0.3) is 0 Å². The zero-order chi connectivity index (χ0) is 18.8. The number of aromatic nitrogens is 5. The Morgan fingerprint density at radius 3 is 2.85 bits per heavy atom. The lowest BCUT2D eigenvalue weighted by atomic mass is 10.1. The number of ketones is 1. The Morgan fingerprint density at radius 2 is 2.07 bits per heavy atom. The summed E-state index contributed by atoms with van der Waals surface area (Å²) in [7, 11) is 1.91. The highest BCUT2D eigenvalue weighted by atomic mass is 16.1. The van der Waals surface area contributed by atoms with E-state index in [-0.39, 0.29) is 17.9 Å². The molecule has 0 aliphatic rings. The Bertz CT molecular complexity index is 1200. The Balaban J connectivity index is 1.65. The van der Waals surface area contributed by atoms with Crippen molar-refractivity contribution in [1.29, 1.82) is 5.26 Å². The molecule has 27 heavy (non-hydrogen) atoms. The molecule has 0 atom stereocenters. The van der Waals surface area contributed by atoms with Gasteiger partial charge < -0.3 is 4.57 Å². The molecule has 0 radical (unpaired) electrons. The number of aryl methyl sites for hydroxylation is 1. The fourth-order valence-corrected chi connectivity index (χ4v) is 2.83. The van der Waals surface area contributed by atoms with Gasteiger partial charge in [-0.25, -0.2) is 15.0 Å². The fourth-order valence-electron chi connectivity index (χ4n) is 2.83. The second kappa shape index (κ2) is 6.77. The number of fused-ring (bicyclic) bond motifs is 1. The zero-order valence-electron chi connectivity index (χ0n) is 14.5. The second-order valence-corrected chi connectivity index (χ2v) is 6.10. The summed E-state index contributed by atoms with van der Waals surface area (Å²) in [5.41, 5.74) is 3.76. The predicted molar refractivity (Wildman–Crippen MR) is 98.7 cm³/mol. The third-order valence-electron chi connectivity index (χ3n) is 4.25. The van der Waals surface area contributed by atoms with Crippen LogP contribution in [0.4, 0.5) is 0 Å². The maximum absolute atomic E-state index is 12.5. The van der Waals surface area contributed by atoms with Crippen LogP contribution in [0.2, 0.25) is 0 Å². The summed E-state index contributed by atoms with van der Waals surface area (Å²) in [6.45, 7) is 0. The van der Waals surface area contributed by atoms with E-state index in [0.29, 0.717) is 11.3 Å². The minimum atomic E-state index is -0.122. The molecule has 4 aromatic heterocycles. The summed E-state index contributed by atoms with van der Waals surface area (Å²) >= 11 is 0. The number of nitriles is 1. The van der Waals surface area contributed by atoms with E-state index >= 15 is 0 Å². The average molecular weight is 354 g/mol. The number of rotatable bonds is 4. The van der Waals surface area contributed by atoms with Crippen LogP contribution >= 0.6 is 0 Å². The van der Waals surface area contributed by atoms with Crippen LogP contribution in [-0.4, -0.2) is 30.3 Å². The standard InChI is InChI=1S/C20H14N6O/c1-26-12-22-11-19(26)17-3-2-14-10-24-15(7-18(14)25-17)8-20(27)13-4-5-23-16(6-13)9-21/h2-7,10-12H,8H2,1H3. The van der Waals surface area contributed by atoms with E-state index in [1.165, 1.54) is 12.3 Å². The monoisotopic (exact) mass is 354 g/mol. The Labute approximate surface area is 155 Å². The molecule has 7 heteroatoms. The quantitative estimate of drug-likeness (QED) is 0.523. The highest BCUT2D eigenvalue weighted by Gasteiger charge is 2.11. The zero-order valence-corrected chi connectivity index (χ0v) is 14.5. The highest BCUT2D eigenvalue weighted by molar-refractivity contribution is 5.97. The lowest BCUT2D eigenvalue weighted by Crippen LogP contribution is -2.06. The first-order valence-corrected chi connectivity index (χ1v) is 8.26. The molecule has 4 aromatic rings. The molecule has 0 N–H and O–H groups in total. The highest BCUT2D eigenvalue weighted by Crippen LogP contribution is 2.20. The normalized spacial score (nSPS) is 10.7. The van der Waals surface area contributed by atoms with Crippen molar-refractivity contribution in [2.75, 3.05) is 0 Å². The number of pyridine rings is 3. The summed E-state index contributed by atoms with van der Waals surface area (Å²) in [5.74, 6) is -0.122. The van der Waals surface area contributed by atoms with Crippen LogP contribution in [0.5, 0.6) is 0 Å². The number of carbonyl (C=O) groups is 1. The molecule has 0 fully saturated rings. The third kappa shape index (κ3) is 3.28. The van der Waals surface area contributed by atoms with Crippen molar-refractivity contribution in [1.82, 2.24) is 24.5 Å². The van der Waals surface area contributed by atoms with Crippen molar-refractivity contribution in [3.63, 3.8) is 0 Å². The van der Waals surface area contributed by atoms with Crippen molar-refractivity contribution in [3.05, 3.63) is 72.2 Å². The molecule has 0 saturated carbocycles. The molecule has 0 aromatic carbocycles. The molecule has 0 bridgehead atoms. The van der Waals surface area contributed by atoms with Crippen LogP contribution in [-0.2, 0) is 13.5 Å². The van der Waals surface area contributed by atoms with E-state index in [0.717, 1.165) is 22.3 Å². The molecule has 4 rings (SSSR count). The van der Waals surface area contributed by atoms with Gasteiger partial charge in [-0.15, -0.1) is 0 Å². The number of hydrogen-bond donors (Lipinski definition) is 0. The SMILES string of the molecule is Cn1cncc1-c1ccc2cnc(CC(=O)c3ccnc(C#N)c3)cc2n1. The van der Waals surface area contributed by atoms with E-state index in [2.05, 4.69) is 19.9 Å². The minimum absolute atomic E-state index is 0.122. The number of carbonyl (C=O) groups excluding carboxylic acids is 1. The van der Waals surface area contributed by atoms with Crippen molar-refractivity contribution in [2.45, 2.75) is 6.42 Å². The summed E-state index contributed by atoms with van der Waals surface area (Å²) in [5, 5.41) is 9.82. The Morgan fingerprint density at radius 1 is 1.19 bits per heavy atom. The van der Waals surface area contributed by atoms with Crippen LogP contribution in [0.3, 0.4) is 0 Å². The van der Waals surface area contributed by atoms with Gasteiger partial charge in [0.05, 0.1) is 41.5 Å². The van der Waals surface area contributed by atoms with Gasteiger partial charge in [-0.3, -0.25) is 9.78 Å². The van der Waals surface area contributed by atoms with E-state index in [1.807, 2.05) is 35.9 Å². The van der Waals surface area contributed by atoms with Gasteiger partial charge in [0.1, 0.15) is 11.8 Å². The van der Waals surface area contributed by atoms with Gasteiger partial charge >= 0.3 is 0 Å². The lowest BCUT2D eigenvalue weighted by Gasteiger charge is -2.06. The van der Waals surface area contributed by atoms with Crippen molar-refractivity contribution < 1.29 is 4.79 Å². The number of nitrogens with zero attached hydrogens (tertiary/aromatic N) is 6. The molecule has 0 spiro atoms. The summed E-state index contributed by atoms with van der Waals surface area (Å²) in [6, 6.07) is 10.7. The van der Waals surface area contributed by atoms with Crippen LogP contribution in [0.15, 0.2) is 55.2 Å². The van der Waals surface area contributed by atoms with Gasteiger partial charge in [0.2, 0.25) is 0 Å². The fraction of sp³-hybridized carbons (Fsp3) is 0.100. The summed E-state index contributed by atoms with van der Waals surface area (Å²) < 4.78 is 1.90. The first kappa shape index (κ1) is 16.5. The van der Waals surface area contributed by atoms with Crippen molar-refractivity contribution in [3.8, 4) is 17.5 Å². The average Bonchev–Trinajstić information content (AvgIpc) is 3.13. The molecule has 0 aliphatic carbocycles. The molecule has 4 heterocycles. The summed E-state index contributed by atoms with van der Waals surface area (Å²) in [4.78, 5) is 29.6. The van der Waals surface area contributed by atoms with E-state index in [1.54, 1.807) is 24.8 Å². The lowest BCUT2D eigenvalue weighted by molar-refractivity contribution is 0.0992.